The van der Waals surface area contributed by atoms with Crippen LogP contribution in [-0.2, 0) is 4.79 Å². The highest BCUT2D eigenvalue weighted by Crippen LogP contribution is 2.25. The number of aliphatic hydroxyl groups excluding tert-OH is 1. The second-order valence-corrected chi connectivity index (χ2v) is 6.67. The van der Waals surface area contributed by atoms with Gasteiger partial charge in [-0.1, -0.05) is 41.5 Å². The molecule has 0 rings (SSSR count). The van der Waals surface area contributed by atoms with Gasteiger partial charge in [0.05, 0.1) is 12.6 Å². The van der Waals surface area contributed by atoms with Gasteiger partial charge in [-0.3, -0.25) is 4.79 Å². The van der Waals surface area contributed by atoms with Crippen LogP contribution >= 0.6 is 0 Å². The van der Waals surface area contributed by atoms with Gasteiger partial charge >= 0.3 is 0 Å². The van der Waals surface area contributed by atoms with Crippen molar-refractivity contribution in [1.29, 1.82) is 0 Å². The van der Waals surface area contributed by atoms with E-state index in [-0.39, 0.29) is 29.9 Å². The molecule has 0 aliphatic carbocycles. The van der Waals surface area contributed by atoms with Gasteiger partial charge in [0.15, 0.2) is 0 Å². The monoisotopic (exact) mass is 243 g/mol. The third-order valence-electron chi connectivity index (χ3n) is 2.84. The quantitative estimate of drug-likeness (QED) is 0.753. The topological polar surface area (TPSA) is 49.3 Å². The third kappa shape index (κ3) is 8.19. The zero-order chi connectivity index (χ0) is 13.6. The average Bonchev–Trinajstić information content (AvgIpc) is 2.09. The van der Waals surface area contributed by atoms with Crippen LogP contribution in [0, 0.1) is 17.3 Å². The minimum atomic E-state index is -0.121. The number of hydrogen-bond donors (Lipinski definition) is 2. The average molecular weight is 243 g/mol. The number of carbonyl (C=O) groups excluding carboxylic acids is 1. The molecule has 0 aromatic rings. The largest absolute Gasteiger partial charge is 0.394 e. The lowest BCUT2D eigenvalue weighted by Gasteiger charge is -2.24. The fraction of sp³-hybridized carbons (Fsp3) is 0.929. The van der Waals surface area contributed by atoms with E-state index in [0.717, 1.165) is 6.42 Å². The van der Waals surface area contributed by atoms with Crippen LogP contribution in [0.5, 0.6) is 0 Å². The highest BCUT2D eigenvalue weighted by molar-refractivity contribution is 5.76. The Kier molecular flexibility index (Phi) is 6.76. The summed E-state index contributed by atoms with van der Waals surface area (Å²) in [5.41, 5.74) is 0.258. The summed E-state index contributed by atoms with van der Waals surface area (Å²) < 4.78 is 0. The molecule has 2 N–H and O–H groups in total. The van der Waals surface area contributed by atoms with Crippen LogP contribution in [0.3, 0.4) is 0 Å². The van der Waals surface area contributed by atoms with Gasteiger partial charge in [0.2, 0.25) is 5.91 Å². The minimum Gasteiger partial charge on any atom is -0.394 e. The molecule has 0 fully saturated rings. The molecule has 2 atom stereocenters. The third-order valence-corrected chi connectivity index (χ3v) is 2.84. The number of hydrogen-bond acceptors (Lipinski definition) is 2. The Morgan fingerprint density at radius 1 is 1.24 bits per heavy atom. The summed E-state index contributed by atoms with van der Waals surface area (Å²) in [5.74, 6) is 0.692. The smallest absolute Gasteiger partial charge is 0.220 e. The minimum absolute atomic E-state index is 0.0110. The van der Waals surface area contributed by atoms with Gasteiger partial charge in [-0.25, -0.2) is 0 Å². The van der Waals surface area contributed by atoms with Gasteiger partial charge < -0.3 is 10.4 Å². The maximum atomic E-state index is 11.8. The van der Waals surface area contributed by atoms with Crippen molar-refractivity contribution in [2.24, 2.45) is 17.3 Å². The predicted molar refractivity (Wildman–Crippen MR) is 71.7 cm³/mol. The first-order valence-electron chi connectivity index (χ1n) is 6.56. The normalized spacial score (nSPS) is 15.8. The van der Waals surface area contributed by atoms with Gasteiger partial charge in [-0.2, -0.15) is 0 Å². The Hall–Kier alpha value is -0.570. The molecule has 17 heavy (non-hydrogen) atoms. The summed E-state index contributed by atoms with van der Waals surface area (Å²) in [6.45, 7) is 12.7. The van der Waals surface area contributed by atoms with Crippen LogP contribution in [0.2, 0.25) is 0 Å². The summed E-state index contributed by atoms with van der Waals surface area (Å²) >= 11 is 0. The highest BCUT2D eigenvalue weighted by Gasteiger charge is 2.20. The molecule has 0 aliphatic rings. The van der Waals surface area contributed by atoms with Crippen LogP contribution < -0.4 is 5.32 Å². The van der Waals surface area contributed by atoms with Crippen molar-refractivity contribution in [3.8, 4) is 0 Å². The maximum absolute atomic E-state index is 11.8. The van der Waals surface area contributed by atoms with Gasteiger partial charge in [0, 0.05) is 6.42 Å². The van der Waals surface area contributed by atoms with E-state index >= 15 is 0 Å². The number of aliphatic hydroxyl groups is 1. The van der Waals surface area contributed by atoms with Crippen LogP contribution in [0.15, 0.2) is 0 Å². The molecule has 1 unspecified atom stereocenters. The predicted octanol–water partition coefficient (Wildman–Crippen LogP) is 2.58. The SMILES string of the molecule is CC(CC(=O)N[C@H](CO)C(C)C)CC(C)(C)C. The van der Waals surface area contributed by atoms with E-state index in [9.17, 15) is 4.79 Å². The van der Waals surface area contributed by atoms with E-state index in [0.29, 0.717) is 12.3 Å². The number of nitrogens with one attached hydrogen (secondary N) is 1. The van der Waals surface area contributed by atoms with Crippen molar-refractivity contribution in [3.63, 3.8) is 0 Å². The molecule has 3 nitrogen and oxygen atoms in total. The Morgan fingerprint density at radius 3 is 2.12 bits per heavy atom. The number of carbonyl (C=O) groups is 1. The first-order valence-corrected chi connectivity index (χ1v) is 6.56. The number of amides is 1. The van der Waals surface area contributed by atoms with E-state index < -0.39 is 0 Å². The first kappa shape index (κ1) is 16.4. The molecule has 0 aromatic heterocycles. The van der Waals surface area contributed by atoms with E-state index in [1.165, 1.54) is 0 Å². The lowest BCUT2D eigenvalue weighted by molar-refractivity contribution is -0.123. The highest BCUT2D eigenvalue weighted by atomic mass is 16.3. The van der Waals surface area contributed by atoms with E-state index in [1.807, 2.05) is 13.8 Å². The molecule has 0 heterocycles. The summed E-state index contributed by atoms with van der Waals surface area (Å²) in [7, 11) is 0. The van der Waals surface area contributed by atoms with Gasteiger partial charge in [0.25, 0.3) is 0 Å². The Morgan fingerprint density at radius 2 is 1.76 bits per heavy atom. The molecule has 0 saturated carbocycles. The molecule has 0 spiro atoms. The summed E-state index contributed by atoms with van der Waals surface area (Å²) in [5, 5.41) is 12.0. The second-order valence-electron chi connectivity index (χ2n) is 6.67. The van der Waals surface area contributed by atoms with Crippen LogP contribution in [0.25, 0.3) is 0 Å². The van der Waals surface area contributed by atoms with Crippen LogP contribution in [0.1, 0.15) is 54.4 Å². The Bertz CT molecular complexity index is 231. The standard InChI is InChI=1S/C14H29NO2/c1-10(2)12(9-16)15-13(17)7-11(3)8-14(4,5)6/h10-12,16H,7-9H2,1-6H3,(H,15,17)/t11?,12-/m1/s1. The molecule has 1 amide bonds. The lowest BCUT2D eigenvalue weighted by atomic mass is 9.84. The molecular formula is C14H29NO2. The van der Waals surface area contributed by atoms with Gasteiger partial charge in [-0.15, -0.1) is 0 Å². The second kappa shape index (κ2) is 7.00. The summed E-state index contributed by atoms with van der Waals surface area (Å²) in [6, 6.07) is -0.121. The summed E-state index contributed by atoms with van der Waals surface area (Å²) in [6.07, 6.45) is 1.58. The number of rotatable bonds is 6. The van der Waals surface area contributed by atoms with Gasteiger partial charge in [-0.05, 0) is 23.7 Å². The van der Waals surface area contributed by atoms with Crippen molar-refractivity contribution in [2.75, 3.05) is 6.61 Å². The fourth-order valence-electron chi connectivity index (χ4n) is 2.12. The fourth-order valence-corrected chi connectivity index (χ4v) is 2.12. The van der Waals surface area contributed by atoms with Crippen molar-refractivity contribution >= 4 is 5.91 Å². The Labute approximate surface area is 106 Å². The van der Waals surface area contributed by atoms with E-state index in [1.54, 1.807) is 0 Å². The molecule has 0 radical (unpaired) electrons. The zero-order valence-electron chi connectivity index (χ0n) is 12.2. The summed E-state index contributed by atoms with van der Waals surface area (Å²) in [4.78, 5) is 11.8. The van der Waals surface area contributed by atoms with Crippen molar-refractivity contribution in [1.82, 2.24) is 5.32 Å². The first-order chi connectivity index (χ1) is 7.65. The maximum Gasteiger partial charge on any atom is 0.220 e. The van der Waals surface area contributed by atoms with Crippen molar-refractivity contribution in [3.05, 3.63) is 0 Å². The lowest BCUT2D eigenvalue weighted by Crippen LogP contribution is -2.41. The molecule has 0 saturated heterocycles. The molecule has 0 bridgehead atoms. The van der Waals surface area contributed by atoms with E-state index in [4.69, 9.17) is 5.11 Å². The van der Waals surface area contributed by atoms with E-state index in [2.05, 4.69) is 33.0 Å². The van der Waals surface area contributed by atoms with Crippen LogP contribution in [0.4, 0.5) is 0 Å². The molecule has 0 aromatic carbocycles. The van der Waals surface area contributed by atoms with Crippen molar-refractivity contribution in [2.45, 2.75) is 60.4 Å². The van der Waals surface area contributed by atoms with Crippen LogP contribution in [-0.4, -0.2) is 23.7 Å². The molecular weight excluding hydrogens is 214 g/mol. The molecule has 3 heteroatoms. The Balaban J connectivity index is 4.09. The zero-order valence-corrected chi connectivity index (χ0v) is 12.2. The molecule has 0 aliphatic heterocycles. The van der Waals surface area contributed by atoms with Crippen molar-refractivity contribution < 1.29 is 9.90 Å². The molecule has 102 valence electrons. The van der Waals surface area contributed by atoms with Gasteiger partial charge in [0.1, 0.15) is 0 Å².